The van der Waals surface area contributed by atoms with Gasteiger partial charge in [0.1, 0.15) is 23.3 Å². The molecule has 0 spiro atoms. The van der Waals surface area contributed by atoms with Crippen molar-refractivity contribution in [3.8, 4) is 0 Å². The minimum Gasteiger partial charge on any atom is -0.311 e. The van der Waals surface area contributed by atoms with Crippen LogP contribution in [0.2, 0.25) is 0 Å². The Labute approximate surface area is 220 Å². The molecule has 38 heavy (non-hydrogen) atoms. The molecule has 3 heterocycles. The summed E-state index contributed by atoms with van der Waals surface area (Å²) >= 11 is 0. The molecule has 1 N–H and O–H groups in total. The van der Waals surface area contributed by atoms with Crippen LogP contribution in [0.15, 0.2) is 64.4 Å². The second-order valence-electron chi connectivity index (χ2n) is 10.1. The molecule has 0 unspecified atom stereocenters. The first kappa shape index (κ1) is 25.9. The Hall–Kier alpha value is -3.72. The van der Waals surface area contributed by atoms with Gasteiger partial charge >= 0.3 is 0 Å². The average molecular weight is 520 g/mol. The van der Waals surface area contributed by atoms with E-state index in [2.05, 4.69) is 14.9 Å². The fourth-order valence-electron chi connectivity index (χ4n) is 5.60. The molecular formula is C29H31F2N5O2. The lowest BCUT2D eigenvalue weighted by atomic mass is 9.82. The summed E-state index contributed by atoms with van der Waals surface area (Å²) in [5.74, 6) is 0.466. The molecular weight excluding hydrogens is 488 g/mol. The van der Waals surface area contributed by atoms with E-state index < -0.39 is 17.2 Å². The number of aryl methyl sites for hydroxylation is 1. The van der Waals surface area contributed by atoms with Crippen LogP contribution in [0.1, 0.15) is 54.7 Å². The van der Waals surface area contributed by atoms with Gasteiger partial charge in [-0.3, -0.25) is 14.5 Å². The summed E-state index contributed by atoms with van der Waals surface area (Å²) in [6.07, 6.45) is 2.61. The lowest BCUT2D eigenvalue weighted by Gasteiger charge is -2.32. The third kappa shape index (κ3) is 5.03. The van der Waals surface area contributed by atoms with Crippen LogP contribution in [0.3, 0.4) is 0 Å². The van der Waals surface area contributed by atoms with Crippen molar-refractivity contribution >= 4 is 11.7 Å². The topological polar surface area (TPSA) is 81.7 Å². The molecule has 0 aliphatic carbocycles. The first-order chi connectivity index (χ1) is 18.3. The third-order valence-corrected chi connectivity index (χ3v) is 7.54. The molecule has 2 aromatic carbocycles. The maximum Gasteiger partial charge on any atom is 0.265 e. The van der Waals surface area contributed by atoms with Crippen LogP contribution < -0.4 is 5.56 Å². The number of nitrogens with zero attached hydrogens (tertiary/aromatic N) is 4. The van der Waals surface area contributed by atoms with Gasteiger partial charge in [-0.05, 0) is 88.1 Å². The van der Waals surface area contributed by atoms with Gasteiger partial charge in [0.15, 0.2) is 5.54 Å². The predicted molar refractivity (Wildman–Crippen MR) is 141 cm³/mol. The number of benzene rings is 2. The number of likely N-dealkylation sites (tertiary alicyclic amines) is 1. The highest BCUT2D eigenvalue weighted by molar-refractivity contribution is 6.09. The minimum atomic E-state index is -1.37. The van der Waals surface area contributed by atoms with Crippen LogP contribution in [0.25, 0.3) is 0 Å². The number of hydrogen-bond acceptors (Lipinski definition) is 5. The maximum absolute atomic E-state index is 13.9. The van der Waals surface area contributed by atoms with E-state index in [0.29, 0.717) is 29.3 Å². The zero-order valence-electron chi connectivity index (χ0n) is 21.6. The quantitative estimate of drug-likeness (QED) is 0.509. The van der Waals surface area contributed by atoms with Gasteiger partial charge in [-0.15, -0.1) is 0 Å². The summed E-state index contributed by atoms with van der Waals surface area (Å²) in [4.78, 5) is 41.8. The van der Waals surface area contributed by atoms with Crippen LogP contribution >= 0.6 is 0 Å². The highest BCUT2D eigenvalue weighted by Gasteiger charge is 2.49. The molecule has 1 fully saturated rings. The average Bonchev–Trinajstić information content (AvgIpc) is 3.15. The van der Waals surface area contributed by atoms with Crippen LogP contribution in [-0.4, -0.2) is 57.7 Å². The van der Waals surface area contributed by atoms with Crippen molar-refractivity contribution in [3.05, 3.63) is 99.2 Å². The minimum absolute atomic E-state index is 0.111. The van der Waals surface area contributed by atoms with Crippen molar-refractivity contribution in [3.63, 3.8) is 0 Å². The third-order valence-electron chi connectivity index (χ3n) is 7.54. The number of carbonyl (C=O) groups is 1. The van der Waals surface area contributed by atoms with Gasteiger partial charge in [-0.25, -0.2) is 18.8 Å². The molecule has 7 nitrogen and oxygen atoms in total. The number of piperidine rings is 1. The fourth-order valence-corrected chi connectivity index (χ4v) is 5.60. The SMILES string of the molecule is CC1=NC(c2ccc(F)cc2)(c2ccc(F)cc2)C(=O)N1CCCN1CCC(c2cc(=O)[nH]c(C)n2)CC1. The van der Waals surface area contributed by atoms with Crippen LogP contribution in [0, 0.1) is 18.6 Å². The van der Waals surface area contributed by atoms with Gasteiger partial charge in [0.05, 0.1) is 5.69 Å². The Morgan fingerprint density at radius 3 is 2.05 bits per heavy atom. The van der Waals surface area contributed by atoms with Gasteiger partial charge in [0.25, 0.3) is 11.5 Å². The van der Waals surface area contributed by atoms with E-state index in [1.54, 1.807) is 49.1 Å². The number of hydrogen-bond donors (Lipinski definition) is 1. The lowest BCUT2D eigenvalue weighted by molar-refractivity contribution is -0.130. The number of aromatic nitrogens is 2. The van der Waals surface area contributed by atoms with Gasteiger partial charge in [-0.1, -0.05) is 24.3 Å². The Bertz CT molecular complexity index is 1350. The molecule has 0 bridgehead atoms. The van der Waals surface area contributed by atoms with Gasteiger partial charge in [0.2, 0.25) is 0 Å². The molecule has 9 heteroatoms. The van der Waals surface area contributed by atoms with Crippen molar-refractivity contribution in [2.75, 3.05) is 26.2 Å². The number of aliphatic imine (C=N–C) groups is 1. The van der Waals surface area contributed by atoms with Crippen LogP contribution in [0.5, 0.6) is 0 Å². The molecule has 1 aromatic heterocycles. The summed E-state index contributed by atoms with van der Waals surface area (Å²) in [7, 11) is 0. The Morgan fingerprint density at radius 1 is 0.921 bits per heavy atom. The molecule has 5 rings (SSSR count). The number of halogens is 2. The van der Waals surface area contributed by atoms with E-state index in [4.69, 9.17) is 4.99 Å². The van der Waals surface area contributed by atoms with Crippen LogP contribution in [-0.2, 0) is 10.3 Å². The number of amides is 1. The number of carbonyl (C=O) groups excluding carboxylic acids is 1. The second kappa shape index (κ2) is 10.6. The van der Waals surface area contributed by atoms with Crippen molar-refractivity contribution < 1.29 is 13.6 Å². The largest absolute Gasteiger partial charge is 0.311 e. The van der Waals surface area contributed by atoms with Crippen molar-refractivity contribution in [2.24, 2.45) is 4.99 Å². The molecule has 0 saturated carbocycles. The molecule has 0 atom stereocenters. The monoisotopic (exact) mass is 519 g/mol. The number of nitrogens with one attached hydrogen (secondary N) is 1. The lowest BCUT2D eigenvalue weighted by Crippen LogP contribution is -2.43. The highest BCUT2D eigenvalue weighted by Crippen LogP contribution is 2.40. The van der Waals surface area contributed by atoms with E-state index in [-0.39, 0.29) is 17.4 Å². The first-order valence-electron chi connectivity index (χ1n) is 13.0. The number of rotatable bonds is 7. The van der Waals surface area contributed by atoms with E-state index in [1.165, 1.54) is 24.3 Å². The summed E-state index contributed by atoms with van der Waals surface area (Å²) < 4.78 is 27.4. The Kier molecular flexibility index (Phi) is 7.21. The van der Waals surface area contributed by atoms with Gasteiger partial charge in [-0.2, -0.15) is 0 Å². The Balaban J connectivity index is 1.25. The molecule has 2 aliphatic rings. The zero-order chi connectivity index (χ0) is 26.9. The summed E-state index contributed by atoms with van der Waals surface area (Å²) in [6, 6.07) is 13.1. The molecule has 0 radical (unpaired) electrons. The first-order valence-corrected chi connectivity index (χ1v) is 13.0. The number of amidine groups is 1. The normalized spacial score (nSPS) is 18.2. The number of aromatic amines is 1. The second-order valence-corrected chi connectivity index (χ2v) is 10.1. The summed E-state index contributed by atoms with van der Waals surface area (Å²) in [5, 5.41) is 0. The van der Waals surface area contributed by atoms with E-state index in [1.807, 2.05) is 0 Å². The number of H-pyrrole nitrogens is 1. The van der Waals surface area contributed by atoms with E-state index in [0.717, 1.165) is 44.6 Å². The van der Waals surface area contributed by atoms with Crippen molar-refractivity contribution in [2.45, 2.75) is 44.6 Å². The van der Waals surface area contributed by atoms with Gasteiger partial charge in [0, 0.05) is 18.5 Å². The molecule has 1 amide bonds. The molecule has 1 saturated heterocycles. The van der Waals surface area contributed by atoms with Gasteiger partial charge < -0.3 is 9.88 Å². The fraction of sp³-hybridized carbons (Fsp3) is 0.379. The molecule has 3 aromatic rings. The van der Waals surface area contributed by atoms with Crippen molar-refractivity contribution in [1.29, 1.82) is 0 Å². The smallest absolute Gasteiger partial charge is 0.265 e. The Morgan fingerprint density at radius 2 is 1.50 bits per heavy atom. The summed E-state index contributed by atoms with van der Waals surface area (Å²) in [5.41, 5.74) is 0.464. The summed E-state index contributed by atoms with van der Waals surface area (Å²) in [6.45, 7) is 6.71. The molecule has 2 aliphatic heterocycles. The molecule has 198 valence electrons. The highest BCUT2D eigenvalue weighted by atomic mass is 19.1. The van der Waals surface area contributed by atoms with E-state index in [9.17, 15) is 18.4 Å². The maximum atomic E-state index is 13.9. The zero-order valence-corrected chi connectivity index (χ0v) is 21.6. The van der Waals surface area contributed by atoms with Crippen LogP contribution in [0.4, 0.5) is 8.78 Å². The standard InChI is InChI=1S/C29H31F2N5O2/c1-19-32-26(18-27(37)33-19)21-12-16-35(17-13-21)14-3-15-36-20(2)34-29(28(36)38,22-4-8-24(30)9-5-22)23-6-10-25(31)11-7-23/h4-11,18,21H,3,12-17H2,1-2H3,(H,32,33,37). The van der Waals surface area contributed by atoms with E-state index >= 15 is 0 Å². The predicted octanol–water partition coefficient (Wildman–Crippen LogP) is 4.13. The van der Waals surface area contributed by atoms with Crippen molar-refractivity contribution in [1.82, 2.24) is 19.8 Å².